The standard InChI is InChI=1S/C34H41N3O9/c1-4-14-43-18-23(38)20-45-26-10-12-28(30(40)16-26)33-35-32(22-6-8-25(42-3)9-7-22)36-34(37-33)29-13-11-27(17-31(29)41)46-21-24(39)19-44-15-5-2/h6-13,16-17,23-24,38-41H,4-5,14-15,18-21H2,1-3H3. The third-order valence-electron chi connectivity index (χ3n) is 6.61. The average molecular weight is 636 g/mol. The lowest BCUT2D eigenvalue weighted by atomic mass is 10.1. The van der Waals surface area contributed by atoms with Crippen molar-refractivity contribution in [1.29, 1.82) is 0 Å². The summed E-state index contributed by atoms with van der Waals surface area (Å²) in [6, 6.07) is 16.4. The molecule has 0 fully saturated rings. The molecule has 46 heavy (non-hydrogen) atoms. The minimum atomic E-state index is -0.819. The minimum Gasteiger partial charge on any atom is -0.507 e. The number of phenols is 2. The summed E-state index contributed by atoms with van der Waals surface area (Å²) in [4.78, 5) is 13.8. The molecule has 0 bridgehead atoms. The van der Waals surface area contributed by atoms with Crippen LogP contribution in [-0.4, -0.2) is 94.3 Å². The van der Waals surface area contributed by atoms with Crippen LogP contribution in [0.1, 0.15) is 26.7 Å². The van der Waals surface area contributed by atoms with E-state index in [1.54, 1.807) is 55.6 Å². The molecule has 0 amide bonds. The van der Waals surface area contributed by atoms with E-state index in [-0.39, 0.29) is 49.6 Å². The molecule has 4 aromatic rings. The van der Waals surface area contributed by atoms with Crippen molar-refractivity contribution in [3.05, 3.63) is 60.7 Å². The summed E-state index contributed by atoms with van der Waals surface area (Å²) in [5, 5.41) is 42.1. The molecule has 0 aliphatic heterocycles. The van der Waals surface area contributed by atoms with Crippen LogP contribution in [0.4, 0.5) is 0 Å². The van der Waals surface area contributed by atoms with Crippen LogP contribution in [0.5, 0.6) is 28.7 Å². The van der Waals surface area contributed by atoms with Gasteiger partial charge in [0.15, 0.2) is 17.5 Å². The van der Waals surface area contributed by atoms with Crippen LogP contribution in [0.25, 0.3) is 34.2 Å². The number of aliphatic hydroxyl groups is 2. The van der Waals surface area contributed by atoms with Crippen LogP contribution in [0.15, 0.2) is 60.7 Å². The zero-order chi connectivity index (χ0) is 32.9. The number of aromatic hydroxyl groups is 2. The molecule has 246 valence electrons. The fraction of sp³-hybridized carbons (Fsp3) is 0.382. The molecule has 4 N–H and O–H groups in total. The molecule has 0 aliphatic carbocycles. The summed E-state index contributed by atoms with van der Waals surface area (Å²) in [5.74, 6) is 1.65. The molecule has 0 aliphatic rings. The van der Waals surface area contributed by atoms with Gasteiger partial charge in [0.2, 0.25) is 0 Å². The van der Waals surface area contributed by atoms with Gasteiger partial charge in [-0.15, -0.1) is 0 Å². The van der Waals surface area contributed by atoms with E-state index in [9.17, 15) is 20.4 Å². The lowest BCUT2D eigenvalue weighted by molar-refractivity contribution is 0.0123. The lowest BCUT2D eigenvalue weighted by Crippen LogP contribution is -2.23. The first-order valence-corrected chi connectivity index (χ1v) is 15.2. The molecule has 0 saturated carbocycles. The van der Waals surface area contributed by atoms with Gasteiger partial charge < -0.3 is 44.1 Å². The van der Waals surface area contributed by atoms with Gasteiger partial charge in [0.05, 0.1) is 31.5 Å². The molecule has 12 heteroatoms. The monoisotopic (exact) mass is 635 g/mol. The smallest absolute Gasteiger partial charge is 0.167 e. The number of aliphatic hydroxyl groups excluding tert-OH is 2. The number of ether oxygens (including phenoxy) is 5. The first-order chi connectivity index (χ1) is 22.3. The van der Waals surface area contributed by atoms with Gasteiger partial charge in [0.25, 0.3) is 0 Å². The Hall–Kier alpha value is -4.49. The third kappa shape index (κ3) is 9.75. The van der Waals surface area contributed by atoms with Crippen LogP contribution in [-0.2, 0) is 9.47 Å². The van der Waals surface area contributed by atoms with Gasteiger partial charge in [-0.1, -0.05) is 13.8 Å². The Balaban J connectivity index is 1.61. The van der Waals surface area contributed by atoms with Crippen LogP contribution < -0.4 is 14.2 Å². The van der Waals surface area contributed by atoms with Gasteiger partial charge in [0.1, 0.15) is 54.2 Å². The first kappa shape index (κ1) is 34.4. The second-order valence-electron chi connectivity index (χ2n) is 10.5. The van der Waals surface area contributed by atoms with Crippen molar-refractivity contribution in [3.8, 4) is 62.9 Å². The Morgan fingerprint density at radius 2 is 1.02 bits per heavy atom. The highest BCUT2D eigenvalue weighted by Gasteiger charge is 2.18. The number of aromatic nitrogens is 3. The Kier molecular flexibility index (Phi) is 12.9. The molecule has 1 aromatic heterocycles. The zero-order valence-corrected chi connectivity index (χ0v) is 26.3. The van der Waals surface area contributed by atoms with E-state index < -0.39 is 12.2 Å². The summed E-state index contributed by atoms with van der Waals surface area (Å²) in [7, 11) is 1.57. The highest BCUT2D eigenvalue weighted by molar-refractivity contribution is 5.72. The summed E-state index contributed by atoms with van der Waals surface area (Å²) >= 11 is 0. The number of benzene rings is 3. The second kappa shape index (κ2) is 17.3. The van der Waals surface area contributed by atoms with Crippen molar-refractivity contribution < 1.29 is 44.1 Å². The maximum Gasteiger partial charge on any atom is 0.167 e. The maximum absolute atomic E-state index is 11.0. The minimum absolute atomic E-state index is 0.00932. The predicted octanol–water partition coefficient (Wildman–Crippen LogP) is 4.63. The van der Waals surface area contributed by atoms with Crippen LogP contribution in [0.3, 0.4) is 0 Å². The number of hydrogen-bond donors (Lipinski definition) is 4. The molecule has 12 nitrogen and oxygen atoms in total. The van der Waals surface area contributed by atoms with Gasteiger partial charge >= 0.3 is 0 Å². The predicted molar refractivity (Wildman–Crippen MR) is 171 cm³/mol. The van der Waals surface area contributed by atoms with Gasteiger partial charge in [-0.25, -0.2) is 15.0 Å². The lowest BCUT2D eigenvalue weighted by Gasteiger charge is -2.14. The zero-order valence-electron chi connectivity index (χ0n) is 26.3. The quantitative estimate of drug-likeness (QED) is 0.112. The van der Waals surface area contributed by atoms with Gasteiger partial charge in [-0.3, -0.25) is 0 Å². The van der Waals surface area contributed by atoms with Crippen molar-refractivity contribution in [3.63, 3.8) is 0 Å². The van der Waals surface area contributed by atoms with Crippen molar-refractivity contribution >= 4 is 0 Å². The van der Waals surface area contributed by atoms with E-state index >= 15 is 0 Å². The van der Waals surface area contributed by atoms with E-state index in [0.29, 0.717) is 53.0 Å². The number of methoxy groups -OCH3 is 1. The molecular formula is C34H41N3O9. The molecular weight excluding hydrogens is 594 g/mol. The maximum atomic E-state index is 11.0. The largest absolute Gasteiger partial charge is 0.507 e. The molecule has 0 radical (unpaired) electrons. The molecule has 0 spiro atoms. The third-order valence-corrected chi connectivity index (χ3v) is 6.61. The SMILES string of the molecule is CCCOCC(O)COc1ccc(-c2nc(-c3ccc(OC)cc3)nc(-c3ccc(OCC(O)COCCC)cc3O)n2)c(O)c1. The van der Waals surface area contributed by atoms with Crippen molar-refractivity contribution in [2.24, 2.45) is 0 Å². The highest BCUT2D eigenvalue weighted by atomic mass is 16.5. The number of rotatable bonds is 18. The molecule has 2 atom stereocenters. The molecule has 4 rings (SSSR count). The molecule has 0 saturated heterocycles. The number of nitrogens with zero attached hydrogens (tertiary/aromatic N) is 3. The Labute approximate surface area is 268 Å². The normalized spacial score (nSPS) is 12.5. The number of hydrogen-bond acceptors (Lipinski definition) is 12. The van der Waals surface area contributed by atoms with Crippen molar-refractivity contribution in [2.45, 2.75) is 38.9 Å². The van der Waals surface area contributed by atoms with Gasteiger partial charge in [-0.2, -0.15) is 0 Å². The summed E-state index contributed by atoms with van der Waals surface area (Å²) in [6.45, 7) is 5.34. The summed E-state index contributed by atoms with van der Waals surface area (Å²) in [5.41, 5.74) is 1.26. The van der Waals surface area contributed by atoms with Crippen LogP contribution in [0, 0.1) is 0 Å². The Morgan fingerprint density at radius 3 is 1.43 bits per heavy atom. The molecule has 3 aromatic carbocycles. The van der Waals surface area contributed by atoms with Gasteiger partial charge in [0, 0.05) is 30.9 Å². The van der Waals surface area contributed by atoms with Crippen LogP contribution in [0.2, 0.25) is 0 Å². The van der Waals surface area contributed by atoms with E-state index in [1.165, 1.54) is 12.1 Å². The average Bonchev–Trinajstić information content (AvgIpc) is 3.06. The van der Waals surface area contributed by atoms with Gasteiger partial charge in [-0.05, 0) is 61.4 Å². The topological polar surface area (TPSA) is 166 Å². The van der Waals surface area contributed by atoms with Crippen molar-refractivity contribution in [1.82, 2.24) is 15.0 Å². The van der Waals surface area contributed by atoms with E-state index in [4.69, 9.17) is 23.7 Å². The van der Waals surface area contributed by atoms with E-state index in [1.807, 2.05) is 13.8 Å². The fourth-order valence-electron chi connectivity index (χ4n) is 4.28. The highest BCUT2D eigenvalue weighted by Crippen LogP contribution is 2.36. The number of phenolic OH excluding ortho intramolecular Hbond substituents is 2. The Bertz CT molecular complexity index is 1450. The second-order valence-corrected chi connectivity index (χ2v) is 10.5. The summed E-state index contributed by atoms with van der Waals surface area (Å²) in [6.07, 6.45) is 0.0605. The molecule has 2 unspecified atom stereocenters. The molecule has 1 heterocycles. The fourth-order valence-corrected chi connectivity index (χ4v) is 4.28. The Morgan fingerprint density at radius 1 is 0.587 bits per heavy atom. The van der Waals surface area contributed by atoms with E-state index in [0.717, 1.165) is 12.8 Å². The summed E-state index contributed by atoms with van der Waals surface area (Å²) < 4.78 is 27.3. The van der Waals surface area contributed by atoms with Crippen LogP contribution >= 0.6 is 0 Å². The van der Waals surface area contributed by atoms with E-state index in [2.05, 4.69) is 15.0 Å². The first-order valence-electron chi connectivity index (χ1n) is 15.2. The van der Waals surface area contributed by atoms with Crippen molar-refractivity contribution in [2.75, 3.05) is 46.8 Å².